The summed E-state index contributed by atoms with van der Waals surface area (Å²) in [6.45, 7) is 6.69. The molecule has 2 aliphatic carbocycles. The molecule has 22 heavy (non-hydrogen) atoms. The number of ketones is 1. The summed E-state index contributed by atoms with van der Waals surface area (Å²) in [5, 5.41) is 16.4. The Bertz CT molecular complexity index is 473. The lowest BCUT2D eigenvalue weighted by atomic mass is 9.79. The Labute approximate surface area is 132 Å². The number of aliphatic hydroxyl groups excluding tert-OH is 1. The van der Waals surface area contributed by atoms with E-state index >= 15 is 0 Å². The molecule has 0 aromatic heterocycles. The van der Waals surface area contributed by atoms with Gasteiger partial charge >= 0.3 is 0 Å². The fraction of sp³-hybridized carbons (Fsp3) is 0.882. The van der Waals surface area contributed by atoms with E-state index in [9.17, 15) is 14.7 Å². The number of carbonyl (C=O) groups is 2. The highest BCUT2D eigenvalue weighted by molar-refractivity contribution is 5.86. The van der Waals surface area contributed by atoms with Gasteiger partial charge in [-0.2, -0.15) is 0 Å². The molecular weight excluding hydrogens is 280 g/mol. The quantitative estimate of drug-likeness (QED) is 0.680. The number of carbonyl (C=O) groups excluding carboxylic acids is 2. The van der Waals surface area contributed by atoms with E-state index in [1.54, 1.807) is 0 Å². The van der Waals surface area contributed by atoms with Gasteiger partial charge < -0.3 is 15.7 Å². The van der Waals surface area contributed by atoms with Gasteiger partial charge in [-0.1, -0.05) is 33.1 Å². The molecule has 3 fully saturated rings. The number of nitrogens with one attached hydrogen (secondary N) is 2. The number of aliphatic hydroxyl groups is 1. The third-order valence-corrected chi connectivity index (χ3v) is 6.28. The maximum atomic E-state index is 12.6. The van der Waals surface area contributed by atoms with Crippen LogP contribution in [0.15, 0.2) is 0 Å². The van der Waals surface area contributed by atoms with Crippen molar-refractivity contribution in [3.05, 3.63) is 0 Å². The lowest BCUT2D eigenvalue weighted by Gasteiger charge is -2.32. The standard InChI is InChI=1S/C17H28N2O3/c1-9(20)15(21)12(7-10-5-4-6-10)19-16(22)14-13-11(8-18-14)17(13,2)3/h10-15,18,21H,4-8H2,1-3H3,(H,19,22)/t11?,12?,13?,14-,15?/m0/s1. The Morgan fingerprint density at radius 2 is 2.05 bits per heavy atom. The molecule has 1 heterocycles. The molecule has 5 heteroatoms. The summed E-state index contributed by atoms with van der Waals surface area (Å²) in [7, 11) is 0. The molecule has 3 N–H and O–H groups in total. The van der Waals surface area contributed by atoms with E-state index in [0.717, 1.165) is 19.4 Å². The Morgan fingerprint density at radius 1 is 1.36 bits per heavy atom. The van der Waals surface area contributed by atoms with Gasteiger partial charge in [0.15, 0.2) is 5.78 Å². The molecule has 5 atom stereocenters. The summed E-state index contributed by atoms with van der Waals surface area (Å²) in [6.07, 6.45) is 3.10. The summed E-state index contributed by atoms with van der Waals surface area (Å²) in [5.41, 5.74) is 0.232. The summed E-state index contributed by atoms with van der Waals surface area (Å²) in [4.78, 5) is 24.1. The van der Waals surface area contributed by atoms with Crippen LogP contribution in [0.2, 0.25) is 0 Å². The van der Waals surface area contributed by atoms with Gasteiger partial charge in [-0.3, -0.25) is 9.59 Å². The number of hydrogen-bond donors (Lipinski definition) is 3. The second-order valence-electron chi connectivity index (χ2n) is 8.04. The molecule has 5 nitrogen and oxygen atoms in total. The monoisotopic (exact) mass is 308 g/mol. The highest BCUT2D eigenvalue weighted by atomic mass is 16.3. The minimum Gasteiger partial charge on any atom is -0.383 e. The van der Waals surface area contributed by atoms with Gasteiger partial charge in [0.25, 0.3) is 0 Å². The van der Waals surface area contributed by atoms with Gasteiger partial charge in [0.1, 0.15) is 6.10 Å². The number of rotatable bonds is 6. The average molecular weight is 308 g/mol. The van der Waals surface area contributed by atoms with E-state index in [2.05, 4.69) is 24.5 Å². The molecule has 1 amide bonds. The first-order valence-corrected chi connectivity index (χ1v) is 8.54. The van der Waals surface area contributed by atoms with E-state index in [4.69, 9.17) is 0 Å². The SMILES string of the molecule is CC(=O)C(O)C(CC1CCC1)NC(=O)[C@H]1NCC2C1C2(C)C. The molecule has 3 rings (SSSR count). The number of hydrogen-bond acceptors (Lipinski definition) is 4. The molecule has 0 spiro atoms. The van der Waals surface area contributed by atoms with Gasteiger partial charge in [-0.05, 0) is 43.1 Å². The molecule has 0 aromatic carbocycles. The molecule has 2 saturated carbocycles. The smallest absolute Gasteiger partial charge is 0.237 e. The van der Waals surface area contributed by atoms with Gasteiger partial charge in [-0.15, -0.1) is 0 Å². The topological polar surface area (TPSA) is 78.4 Å². The number of amides is 1. The van der Waals surface area contributed by atoms with Gasteiger partial charge in [-0.25, -0.2) is 0 Å². The number of fused-ring (bicyclic) bond motifs is 1. The largest absolute Gasteiger partial charge is 0.383 e. The van der Waals surface area contributed by atoms with Crippen LogP contribution in [-0.2, 0) is 9.59 Å². The van der Waals surface area contributed by atoms with Crippen LogP contribution in [0.4, 0.5) is 0 Å². The van der Waals surface area contributed by atoms with Crippen LogP contribution in [0.1, 0.15) is 46.5 Å². The predicted octanol–water partition coefficient (Wildman–Crippen LogP) is 0.855. The third-order valence-electron chi connectivity index (χ3n) is 6.28. The maximum absolute atomic E-state index is 12.6. The van der Waals surface area contributed by atoms with Crippen molar-refractivity contribution in [1.82, 2.24) is 10.6 Å². The van der Waals surface area contributed by atoms with Crippen molar-refractivity contribution in [3.63, 3.8) is 0 Å². The molecule has 1 saturated heterocycles. The van der Waals surface area contributed by atoms with Crippen LogP contribution in [-0.4, -0.2) is 41.5 Å². The first kappa shape index (κ1) is 15.9. The second-order valence-corrected chi connectivity index (χ2v) is 8.04. The molecule has 0 bridgehead atoms. The minimum absolute atomic E-state index is 0.0531. The van der Waals surface area contributed by atoms with Crippen LogP contribution in [0, 0.1) is 23.2 Å². The van der Waals surface area contributed by atoms with Crippen molar-refractivity contribution >= 4 is 11.7 Å². The van der Waals surface area contributed by atoms with Crippen molar-refractivity contribution in [1.29, 1.82) is 0 Å². The van der Waals surface area contributed by atoms with Crippen LogP contribution in [0.5, 0.6) is 0 Å². The van der Waals surface area contributed by atoms with Gasteiger partial charge in [0.05, 0.1) is 12.1 Å². The number of piperidine rings is 1. The molecule has 0 radical (unpaired) electrons. The Morgan fingerprint density at radius 3 is 2.50 bits per heavy atom. The summed E-state index contributed by atoms with van der Waals surface area (Å²) in [6, 6.07) is -0.624. The predicted molar refractivity (Wildman–Crippen MR) is 83.1 cm³/mol. The first-order chi connectivity index (χ1) is 10.3. The van der Waals surface area contributed by atoms with E-state index in [1.165, 1.54) is 13.3 Å². The third kappa shape index (κ3) is 2.69. The van der Waals surface area contributed by atoms with Crippen LogP contribution in [0.25, 0.3) is 0 Å². The highest BCUT2D eigenvalue weighted by Gasteiger charge is 2.65. The zero-order valence-electron chi connectivity index (χ0n) is 13.8. The van der Waals surface area contributed by atoms with Crippen molar-refractivity contribution in [2.75, 3.05) is 6.54 Å². The lowest BCUT2D eigenvalue weighted by molar-refractivity contribution is -0.130. The van der Waals surface area contributed by atoms with E-state index < -0.39 is 12.1 Å². The normalized spacial score (nSPS) is 35.2. The summed E-state index contributed by atoms with van der Waals surface area (Å²) >= 11 is 0. The average Bonchev–Trinajstić information content (AvgIpc) is 2.77. The molecular formula is C17H28N2O3. The zero-order chi connectivity index (χ0) is 16.1. The fourth-order valence-electron chi connectivity index (χ4n) is 4.39. The maximum Gasteiger partial charge on any atom is 0.237 e. The van der Waals surface area contributed by atoms with Crippen LogP contribution >= 0.6 is 0 Å². The summed E-state index contributed by atoms with van der Waals surface area (Å²) < 4.78 is 0. The molecule has 124 valence electrons. The number of Topliss-reactive ketones (excluding diaryl/α,β-unsaturated/α-hetero) is 1. The van der Waals surface area contributed by atoms with E-state index in [0.29, 0.717) is 24.2 Å². The van der Waals surface area contributed by atoms with Crippen molar-refractivity contribution < 1.29 is 14.7 Å². The minimum atomic E-state index is -1.09. The first-order valence-electron chi connectivity index (χ1n) is 8.54. The highest BCUT2D eigenvalue weighted by Crippen LogP contribution is 2.62. The molecule has 1 aliphatic heterocycles. The Hall–Kier alpha value is -0.940. The van der Waals surface area contributed by atoms with E-state index in [-0.39, 0.29) is 23.1 Å². The molecule has 3 aliphatic rings. The zero-order valence-corrected chi connectivity index (χ0v) is 13.8. The fourth-order valence-corrected chi connectivity index (χ4v) is 4.39. The Balaban J connectivity index is 1.62. The van der Waals surface area contributed by atoms with E-state index in [1.807, 2.05) is 0 Å². The van der Waals surface area contributed by atoms with Crippen molar-refractivity contribution in [2.24, 2.45) is 23.2 Å². The summed E-state index contributed by atoms with van der Waals surface area (Å²) in [5.74, 6) is 1.16. The Kier molecular flexibility index (Phi) is 4.06. The van der Waals surface area contributed by atoms with Crippen molar-refractivity contribution in [3.8, 4) is 0 Å². The van der Waals surface area contributed by atoms with Gasteiger partial charge in [0.2, 0.25) is 5.91 Å². The van der Waals surface area contributed by atoms with Crippen LogP contribution in [0.3, 0.4) is 0 Å². The second kappa shape index (κ2) is 5.60. The van der Waals surface area contributed by atoms with Crippen molar-refractivity contribution in [2.45, 2.75) is 64.6 Å². The van der Waals surface area contributed by atoms with Gasteiger partial charge in [0, 0.05) is 0 Å². The molecule has 4 unspecified atom stereocenters. The molecule has 0 aromatic rings. The van der Waals surface area contributed by atoms with Crippen LogP contribution < -0.4 is 10.6 Å². The lowest BCUT2D eigenvalue weighted by Crippen LogP contribution is -2.53.